The number of methoxy groups -OCH3 is 3. The Hall–Kier alpha value is -5.30. The molecule has 13 nitrogen and oxygen atoms in total. The Balaban J connectivity index is 1.33. The monoisotopic (exact) mass is 753 g/mol. The number of rotatable bonds is 13. The molecule has 3 aromatic rings. The number of carbonyl (C=O) groups excluding carboxylic acids is 3. The summed E-state index contributed by atoms with van der Waals surface area (Å²) in [7, 11) is 4.24. The van der Waals surface area contributed by atoms with Gasteiger partial charge in [-0.1, -0.05) is 24.3 Å². The maximum Gasteiger partial charge on any atom is 0.337 e. The molecule has 0 saturated carbocycles. The molecular weight excluding hydrogens is 721 g/mol. The van der Waals surface area contributed by atoms with Crippen molar-refractivity contribution in [2.24, 2.45) is 5.10 Å². The normalized spacial score (nSPS) is 14.0. The predicted octanol–water partition coefficient (Wildman–Crippen LogP) is 4.28. The molecule has 0 saturated heterocycles. The van der Waals surface area contributed by atoms with Crippen LogP contribution in [0.4, 0.5) is 4.79 Å². The number of allylic oxidation sites excluding steroid dienone is 1. The van der Waals surface area contributed by atoms with Gasteiger partial charge in [0.25, 0.3) is 5.91 Å². The molecule has 1 aliphatic heterocycles. The molecule has 0 unspecified atom stereocenters. The lowest BCUT2D eigenvalue weighted by molar-refractivity contribution is -0.136. The van der Waals surface area contributed by atoms with E-state index < -0.39 is 23.9 Å². The first-order valence-electron chi connectivity index (χ1n) is 14.1. The summed E-state index contributed by atoms with van der Waals surface area (Å²) in [6, 6.07) is 16.7. The van der Waals surface area contributed by atoms with E-state index in [0.29, 0.717) is 40.5 Å². The molecule has 1 atom stereocenters. The van der Waals surface area contributed by atoms with Crippen LogP contribution in [0.5, 0.6) is 23.0 Å². The molecule has 0 aliphatic carbocycles. The van der Waals surface area contributed by atoms with Crippen LogP contribution >= 0.6 is 22.6 Å². The van der Waals surface area contributed by atoms with Gasteiger partial charge < -0.3 is 34.3 Å². The van der Waals surface area contributed by atoms with Gasteiger partial charge in [0.05, 0.1) is 48.1 Å². The molecule has 3 N–H and O–H groups in total. The molecule has 0 radical (unpaired) electrons. The average molecular weight is 754 g/mol. The van der Waals surface area contributed by atoms with Crippen molar-refractivity contribution in [2.75, 3.05) is 27.9 Å². The van der Waals surface area contributed by atoms with E-state index in [0.717, 1.165) is 14.7 Å². The van der Waals surface area contributed by atoms with E-state index >= 15 is 0 Å². The second-order valence-electron chi connectivity index (χ2n) is 9.98. The van der Waals surface area contributed by atoms with Crippen molar-refractivity contribution in [3.63, 3.8) is 0 Å². The van der Waals surface area contributed by atoms with Gasteiger partial charge in [-0.2, -0.15) is 10.4 Å². The summed E-state index contributed by atoms with van der Waals surface area (Å²) >= 11 is 2.16. The van der Waals surface area contributed by atoms with Crippen LogP contribution in [0.1, 0.15) is 35.2 Å². The highest BCUT2D eigenvalue weighted by Gasteiger charge is 2.32. The molecule has 1 aliphatic rings. The standard InChI is InChI=1S/C33H32IN5O8/c1-19-29(32(41)45-4)30(38-33(42)37-19)21-9-10-25(26(15-21)43-2)46-18-28(40)39-36-12-11-20-13-24(34)31(27(14-20)44-3)47-17-23-8-6-5-7-22(23)16-35/h5-10,12-15,30H,11,17-18H2,1-4H3,(H,39,40)(H2,37,38,42)/b36-12-/t30-/m0/s1. The van der Waals surface area contributed by atoms with Gasteiger partial charge >= 0.3 is 12.0 Å². The van der Waals surface area contributed by atoms with Gasteiger partial charge in [-0.3, -0.25) is 4.79 Å². The zero-order chi connectivity index (χ0) is 33.9. The molecule has 14 heteroatoms. The number of benzene rings is 3. The van der Waals surface area contributed by atoms with Gasteiger partial charge in [0.15, 0.2) is 29.6 Å². The van der Waals surface area contributed by atoms with Gasteiger partial charge in [0.2, 0.25) is 0 Å². The molecule has 244 valence electrons. The van der Waals surface area contributed by atoms with Gasteiger partial charge in [0.1, 0.15) is 6.61 Å². The van der Waals surface area contributed by atoms with Gasteiger partial charge in [-0.25, -0.2) is 15.0 Å². The smallest absolute Gasteiger partial charge is 0.337 e. The third-order valence-corrected chi connectivity index (χ3v) is 7.76. The maximum atomic E-state index is 12.4. The molecule has 47 heavy (non-hydrogen) atoms. The number of amides is 3. The van der Waals surface area contributed by atoms with E-state index in [1.54, 1.807) is 50.6 Å². The molecule has 0 bridgehead atoms. The van der Waals surface area contributed by atoms with Gasteiger partial charge in [0, 0.05) is 23.9 Å². The number of hydrogen-bond donors (Lipinski definition) is 3. The molecule has 0 aromatic heterocycles. The summed E-state index contributed by atoms with van der Waals surface area (Å²) in [5.41, 5.74) is 5.79. The fraction of sp³-hybridized carbons (Fsp3) is 0.242. The largest absolute Gasteiger partial charge is 0.493 e. The minimum atomic E-state index is -0.782. The Kier molecular flexibility index (Phi) is 12.0. The molecular formula is C33H32IN5O8. The molecule has 4 rings (SSSR count). The highest BCUT2D eigenvalue weighted by atomic mass is 127. The number of urea groups is 1. The van der Waals surface area contributed by atoms with Crippen LogP contribution in [-0.4, -0.2) is 52.1 Å². The fourth-order valence-electron chi connectivity index (χ4n) is 4.69. The zero-order valence-corrected chi connectivity index (χ0v) is 28.2. The van der Waals surface area contributed by atoms with E-state index in [1.807, 2.05) is 24.3 Å². The molecule has 1 heterocycles. The lowest BCUT2D eigenvalue weighted by Crippen LogP contribution is -2.45. The van der Waals surface area contributed by atoms with E-state index in [-0.39, 0.29) is 24.5 Å². The number of halogens is 1. The topological polar surface area (TPSA) is 170 Å². The Bertz CT molecular complexity index is 1770. The van der Waals surface area contributed by atoms with Crippen LogP contribution in [0, 0.1) is 14.9 Å². The summed E-state index contributed by atoms with van der Waals surface area (Å²) in [6.45, 7) is 1.47. The van der Waals surface area contributed by atoms with Crippen molar-refractivity contribution in [2.45, 2.75) is 26.0 Å². The van der Waals surface area contributed by atoms with E-state index in [4.69, 9.17) is 23.7 Å². The van der Waals surface area contributed by atoms with Crippen molar-refractivity contribution >= 4 is 46.7 Å². The van der Waals surface area contributed by atoms with Crippen molar-refractivity contribution in [3.8, 4) is 29.1 Å². The number of hydrazone groups is 1. The van der Waals surface area contributed by atoms with E-state index in [2.05, 4.69) is 49.8 Å². The van der Waals surface area contributed by atoms with Gasteiger partial charge in [-0.15, -0.1) is 0 Å². The Morgan fingerprint density at radius 3 is 2.53 bits per heavy atom. The Morgan fingerprint density at radius 1 is 1.04 bits per heavy atom. The minimum absolute atomic E-state index is 0.213. The number of nitriles is 1. The van der Waals surface area contributed by atoms with Crippen LogP contribution in [0.3, 0.4) is 0 Å². The minimum Gasteiger partial charge on any atom is -0.493 e. The van der Waals surface area contributed by atoms with Crippen molar-refractivity contribution in [3.05, 3.63) is 91.7 Å². The number of esters is 1. The summed E-state index contributed by atoms with van der Waals surface area (Å²) < 4.78 is 28.3. The first kappa shape index (κ1) is 34.6. The third kappa shape index (κ3) is 8.70. The highest BCUT2D eigenvalue weighted by Crippen LogP contribution is 2.36. The highest BCUT2D eigenvalue weighted by molar-refractivity contribution is 14.1. The quantitative estimate of drug-likeness (QED) is 0.0999. The molecule has 0 fully saturated rings. The van der Waals surface area contributed by atoms with Crippen LogP contribution in [-0.2, 0) is 27.4 Å². The van der Waals surface area contributed by atoms with Crippen LogP contribution in [0.2, 0.25) is 0 Å². The summed E-state index contributed by atoms with van der Waals surface area (Å²) in [6.07, 6.45) is 1.94. The number of nitrogens with zero attached hydrogens (tertiary/aromatic N) is 2. The van der Waals surface area contributed by atoms with Crippen LogP contribution in [0.25, 0.3) is 0 Å². The third-order valence-electron chi connectivity index (χ3n) is 6.96. The van der Waals surface area contributed by atoms with Crippen molar-refractivity contribution in [1.82, 2.24) is 16.1 Å². The van der Waals surface area contributed by atoms with Crippen molar-refractivity contribution in [1.29, 1.82) is 5.26 Å². The lowest BCUT2D eigenvalue weighted by atomic mass is 9.95. The van der Waals surface area contributed by atoms with E-state index in [9.17, 15) is 19.6 Å². The molecule has 3 amide bonds. The Morgan fingerprint density at radius 2 is 1.81 bits per heavy atom. The fourth-order valence-corrected chi connectivity index (χ4v) is 5.51. The zero-order valence-electron chi connectivity index (χ0n) is 26.0. The SMILES string of the molecule is COC(=O)C1=C(C)NC(=O)N[C@H]1c1ccc(OCC(=O)N/N=C\Cc2cc(I)c(OCc3ccccc3C#N)c(OC)c2)c(OC)c1. The molecule has 0 spiro atoms. The van der Waals surface area contributed by atoms with Gasteiger partial charge in [-0.05, 0) is 71.0 Å². The Labute approximate surface area is 285 Å². The average Bonchev–Trinajstić information content (AvgIpc) is 3.07. The summed E-state index contributed by atoms with van der Waals surface area (Å²) in [5, 5.41) is 18.6. The maximum absolute atomic E-state index is 12.4. The first-order chi connectivity index (χ1) is 22.7. The predicted molar refractivity (Wildman–Crippen MR) is 179 cm³/mol. The van der Waals surface area contributed by atoms with Crippen molar-refractivity contribution < 1.29 is 38.1 Å². The molecule has 3 aromatic carbocycles. The second-order valence-corrected chi connectivity index (χ2v) is 11.1. The van der Waals surface area contributed by atoms with Crippen LogP contribution in [0.15, 0.2) is 71.0 Å². The number of carbonyl (C=O) groups is 3. The number of nitrogens with one attached hydrogen (secondary N) is 3. The van der Waals surface area contributed by atoms with Crippen LogP contribution < -0.4 is 35.0 Å². The first-order valence-corrected chi connectivity index (χ1v) is 15.2. The summed E-state index contributed by atoms with van der Waals surface area (Å²) in [5.74, 6) is 0.563. The number of ether oxygens (including phenoxy) is 5. The second kappa shape index (κ2) is 16.3. The van der Waals surface area contributed by atoms with E-state index in [1.165, 1.54) is 14.2 Å². The summed E-state index contributed by atoms with van der Waals surface area (Å²) in [4.78, 5) is 36.9. The number of hydrogen-bond acceptors (Lipinski definition) is 10. The lowest BCUT2D eigenvalue weighted by Gasteiger charge is -2.28.